The van der Waals surface area contributed by atoms with Gasteiger partial charge in [0.25, 0.3) is 0 Å². The minimum Gasteiger partial charge on any atom is -0.395 e. The average molecular weight is 216 g/mol. The average Bonchev–Trinajstić information content (AvgIpc) is 2.21. The molecule has 0 radical (unpaired) electrons. The second kappa shape index (κ2) is 8.68. The standard InChI is InChI=1S/C11H24N2O2/c1-3-4-5-6-7-13(8-9-14)11(15)10(2)12/h10,14H,3-9,12H2,1-2H3/t10-/m0/s1. The number of carbonyl (C=O) groups is 1. The summed E-state index contributed by atoms with van der Waals surface area (Å²) in [5.41, 5.74) is 5.52. The molecule has 1 amide bonds. The van der Waals surface area contributed by atoms with Gasteiger partial charge in [0.05, 0.1) is 12.6 Å². The largest absolute Gasteiger partial charge is 0.395 e. The number of hydrogen-bond donors (Lipinski definition) is 2. The predicted octanol–water partition coefficient (Wildman–Crippen LogP) is 0.735. The summed E-state index contributed by atoms with van der Waals surface area (Å²) in [7, 11) is 0. The van der Waals surface area contributed by atoms with Crippen LogP contribution in [0.1, 0.15) is 39.5 Å². The Balaban J connectivity index is 3.87. The van der Waals surface area contributed by atoms with Crippen molar-refractivity contribution in [1.82, 2.24) is 4.90 Å². The molecule has 0 aliphatic carbocycles. The van der Waals surface area contributed by atoms with Gasteiger partial charge in [0.1, 0.15) is 0 Å². The van der Waals surface area contributed by atoms with Gasteiger partial charge in [0, 0.05) is 13.1 Å². The summed E-state index contributed by atoms with van der Waals surface area (Å²) >= 11 is 0. The molecule has 3 N–H and O–H groups in total. The van der Waals surface area contributed by atoms with Crippen molar-refractivity contribution in [2.24, 2.45) is 5.73 Å². The van der Waals surface area contributed by atoms with E-state index in [4.69, 9.17) is 10.8 Å². The number of amides is 1. The summed E-state index contributed by atoms with van der Waals surface area (Å²) in [5, 5.41) is 8.84. The lowest BCUT2D eigenvalue weighted by molar-refractivity contribution is -0.132. The molecule has 0 rings (SSSR count). The predicted molar refractivity (Wildman–Crippen MR) is 61.5 cm³/mol. The van der Waals surface area contributed by atoms with E-state index in [1.807, 2.05) is 0 Å². The highest BCUT2D eigenvalue weighted by atomic mass is 16.3. The SMILES string of the molecule is CCCCCCN(CCO)C(=O)[C@H](C)N. The van der Waals surface area contributed by atoms with E-state index in [2.05, 4.69) is 6.92 Å². The molecule has 0 aliphatic rings. The molecule has 0 aromatic heterocycles. The van der Waals surface area contributed by atoms with Crippen molar-refractivity contribution in [3.05, 3.63) is 0 Å². The first kappa shape index (κ1) is 14.4. The van der Waals surface area contributed by atoms with Crippen LogP contribution in [-0.2, 0) is 4.79 Å². The van der Waals surface area contributed by atoms with E-state index in [1.54, 1.807) is 11.8 Å². The molecular weight excluding hydrogens is 192 g/mol. The Bertz CT molecular complexity index is 172. The third kappa shape index (κ3) is 6.47. The van der Waals surface area contributed by atoms with Crippen molar-refractivity contribution in [3.63, 3.8) is 0 Å². The fourth-order valence-corrected chi connectivity index (χ4v) is 1.47. The minimum absolute atomic E-state index is 0.00619. The van der Waals surface area contributed by atoms with Gasteiger partial charge in [0.15, 0.2) is 0 Å². The van der Waals surface area contributed by atoms with Crippen LogP contribution >= 0.6 is 0 Å². The molecule has 0 saturated carbocycles. The molecule has 0 fully saturated rings. The molecule has 1 atom stereocenters. The lowest BCUT2D eigenvalue weighted by atomic mass is 10.2. The van der Waals surface area contributed by atoms with E-state index in [-0.39, 0.29) is 12.5 Å². The molecule has 0 heterocycles. The van der Waals surface area contributed by atoms with Crippen LogP contribution in [0.3, 0.4) is 0 Å². The Morgan fingerprint density at radius 3 is 2.47 bits per heavy atom. The van der Waals surface area contributed by atoms with Crippen LogP contribution in [0.5, 0.6) is 0 Å². The van der Waals surface area contributed by atoms with Crippen molar-refractivity contribution in [2.75, 3.05) is 19.7 Å². The summed E-state index contributed by atoms with van der Waals surface area (Å²) in [5.74, 6) is -0.0689. The zero-order chi connectivity index (χ0) is 11.7. The van der Waals surface area contributed by atoms with Gasteiger partial charge in [-0.3, -0.25) is 4.79 Å². The Labute approximate surface area is 92.4 Å². The fraction of sp³-hybridized carbons (Fsp3) is 0.909. The van der Waals surface area contributed by atoms with Crippen molar-refractivity contribution in [3.8, 4) is 0 Å². The van der Waals surface area contributed by atoms with Crippen LogP contribution in [0.4, 0.5) is 0 Å². The molecular formula is C11H24N2O2. The second-order valence-electron chi connectivity index (χ2n) is 3.90. The number of unbranched alkanes of at least 4 members (excludes halogenated alkanes) is 3. The van der Waals surface area contributed by atoms with Gasteiger partial charge in [-0.15, -0.1) is 0 Å². The molecule has 0 aromatic rings. The van der Waals surface area contributed by atoms with Crippen LogP contribution in [0.15, 0.2) is 0 Å². The number of nitrogens with zero attached hydrogens (tertiary/aromatic N) is 1. The fourth-order valence-electron chi connectivity index (χ4n) is 1.47. The number of aliphatic hydroxyl groups is 1. The van der Waals surface area contributed by atoms with E-state index in [0.717, 1.165) is 12.8 Å². The maximum absolute atomic E-state index is 11.6. The van der Waals surface area contributed by atoms with Gasteiger partial charge < -0.3 is 15.7 Å². The van der Waals surface area contributed by atoms with Gasteiger partial charge in [-0.25, -0.2) is 0 Å². The highest BCUT2D eigenvalue weighted by Gasteiger charge is 2.15. The second-order valence-corrected chi connectivity index (χ2v) is 3.90. The summed E-state index contributed by atoms with van der Waals surface area (Å²) < 4.78 is 0. The number of aliphatic hydroxyl groups excluding tert-OH is 1. The summed E-state index contributed by atoms with van der Waals surface area (Å²) in [6.07, 6.45) is 4.50. The van der Waals surface area contributed by atoms with Crippen LogP contribution in [-0.4, -0.2) is 41.7 Å². The molecule has 0 aromatic carbocycles. The van der Waals surface area contributed by atoms with Gasteiger partial charge in [0.2, 0.25) is 5.91 Å². The minimum atomic E-state index is -0.470. The van der Waals surface area contributed by atoms with Crippen molar-refractivity contribution in [2.45, 2.75) is 45.6 Å². The van der Waals surface area contributed by atoms with E-state index in [0.29, 0.717) is 13.1 Å². The maximum Gasteiger partial charge on any atom is 0.239 e. The highest BCUT2D eigenvalue weighted by Crippen LogP contribution is 2.02. The molecule has 4 heteroatoms. The Kier molecular flexibility index (Phi) is 8.33. The Hall–Kier alpha value is -0.610. The molecule has 90 valence electrons. The summed E-state index contributed by atoms with van der Waals surface area (Å²) in [4.78, 5) is 13.2. The van der Waals surface area contributed by atoms with Crippen LogP contribution in [0, 0.1) is 0 Å². The van der Waals surface area contributed by atoms with E-state index >= 15 is 0 Å². The smallest absolute Gasteiger partial charge is 0.239 e. The van der Waals surface area contributed by atoms with Gasteiger partial charge in [-0.05, 0) is 13.3 Å². The normalized spacial score (nSPS) is 12.5. The third-order valence-corrected chi connectivity index (χ3v) is 2.35. The number of hydrogen-bond acceptors (Lipinski definition) is 3. The topological polar surface area (TPSA) is 66.6 Å². The van der Waals surface area contributed by atoms with Crippen LogP contribution < -0.4 is 5.73 Å². The third-order valence-electron chi connectivity index (χ3n) is 2.35. The van der Waals surface area contributed by atoms with Crippen molar-refractivity contribution in [1.29, 1.82) is 0 Å². The number of nitrogens with two attached hydrogens (primary N) is 1. The van der Waals surface area contributed by atoms with Crippen LogP contribution in [0.25, 0.3) is 0 Å². The van der Waals surface area contributed by atoms with E-state index in [9.17, 15) is 4.79 Å². The van der Waals surface area contributed by atoms with Gasteiger partial charge >= 0.3 is 0 Å². The molecule has 0 spiro atoms. The van der Waals surface area contributed by atoms with Gasteiger partial charge in [-0.2, -0.15) is 0 Å². The molecule has 0 unspecified atom stereocenters. The van der Waals surface area contributed by atoms with E-state index < -0.39 is 6.04 Å². The molecule has 0 aliphatic heterocycles. The number of carbonyl (C=O) groups excluding carboxylic acids is 1. The first-order chi connectivity index (χ1) is 7.13. The quantitative estimate of drug-likeness (QED) is 0.588. The lowest BCUT2D eigenvalue weighted by Crippen LogP contribution is -2.43. The summed E-state index contributed by atoms with van der Waals surface area (Å²) in [6, 6.07) is -0.470. The lowest BCUT2D eigenvalue weighted by Gasteiger charge is -2.23. The zero-order valence-electron chi connectivity index (χ0n) is 9.91. The molecule has 0 bridgehead atoms. The van der Waals surface area contributed by atoms with Crippen molar-refractivity contribution >= 4 is 5.91 Å². The first-order valence-electron chi connectivity index (χ1n) is 5.78. The zero-order valence-corrected chi connectivity index (χ0v) is 9.91. The Morgan fingerprint density at radius 2 is 2.00 bits per heavy atom. The highest BCUT2D eigenvalue weighted by molar-refractivity contribution is 5.81. The van der Waals surface area contributed by atoms with Crippen LogP contribution in [0.2, 0.25) is 0 Å². The van der Waals surface area contributed by atoms with Gasteiger partial charge in [-0.1, -0.05) is 26.2 Å². The monoisotopic (exact) mass is 216 g/mol. The number of rotatable bonds is 8. The maximum atomic E-state index is 11.6. The summed E-state index contributed by atoms with van der Waals surface area (Å²) in [6.45, 7) is 4.94. The van der Waals surface area contributed by atoms with Crippen molar-refractivity contribution < 1.29 is 9.90 Å². The molecule has 4 nitrogen and oxygen atoms in total. The molecule has 0 saturated heterocycles. The first-order valence-corrected chi connectivity index (χ1v) is 5.78. The molecule has 15 heavy (non-hydrogen) atoms. The van der Waals surface area contributed by atoms with E-state index in [1.165, 1.54) is 12.8 Å². The Morgan fingerprint density at radius 1 is 1.33 bits per heavy atom.